The molecular weight excluding hydrogens is 318 g/mol. The van der Waals surface area contributed by atoms with Crippen LogP contribution in [0.15, 0.2) is 72.4 Å². The summed E-state index contributed by atoms with van der Waals surface area (Å²) in [6, 6.07) is 11.3. The molecule has 5 rings (SSSR count). The summed E-state index contributed by atoms with van der Waals surface area (Å²) >= 11 is 0. The van der Waals surface area contributed by atoms with Gasteiger partial charge >= 0.3 is 0 Å². The topological polar surface area (TPSA) is 32.3 Å². The van der Waals surface area contributed by atoms with E-state index in [1.165, 1.54) is 38.7 Å². The predicted octanol–water partition coefficient (Wildman–Crippen LogP) is 4.57. The Labute approximate surface area is 154 Å². The summed E-state index contributed by atoms with van der Waals surface area (Å²) in [4.78, 5) is 0. The van der Waals surface area contributed by atoms with Crippen LogP contribution in [0.25, 0.3) is 16.5 Å². The lowest BCUT2D eigenvalue weighted by molar-refractivity contribution is 0.303. The zero-order valence-corrected chi connectivity index (χ0v) is 15.3. The molecule has 2 aromatic carbocycles. The van der Waals surface area contributed by atoms with Crippen LogP contribution in [0.3, 0.4) is 0 Å². The number of aliphatic hydroxyl groups is 1. The Morgan fingerprint density at radius 3 is 2.81 bits per heavy atom. The highest BCUT2D eigenvalue weighted by atomic mass is 16.3. The monoisotopic (exact) mass is 341 g/mol. The number of allylic oxidation sites excluding steroid dienone is 3. The van der Waals surface area contributed by atoms with Crippen LogP contribution in [0.5, 0.6) is 0 Å². The molecule has 130 valence electrons. The highest BCUT2D eigenvalue weighted by molar-refractivity contribution is 6.03. The maximum Gasteiger partial charge on any atom is 0.0662 e. The molecule has 1 heterocycles. The van der Waals surface area contributed by atoms with Crippen molar-refractivity contribution in [3.8, 4) is 0 Å². The van der Waals surface area contributed by atoms with Crippen LogP contribution in [0.4, 0.5) is 0 Å². The Morgan fingerprint density at radius 1 is 1.27 bits per heavy atom. The SMILES string of the molecule is C=CC(=C)C1=C2NC3C(CO)=CC3c3ccc4cccc(c4c32)C1(C)C. The van der Waals surface area contributed by atoms with Gasteiger partial charge in [-0.25, -0.2) is 0 Å². The third kappa shape index (κ3) is 1.70. The number of fused-ring (bicyclic) bond motifs is 2. The van der Waals surface area contributed by atoms with Crippen molar-refractivity contribution in [2.75, 3.05) is 6.61 Å². The van der Waals surface area contributed by atoms with Gasteiger partial charge in [-0.1, -0.05) is 69.5 Å². The summed E-state index contributed by atoms with van der Waals surface area (Å²) in [6.07, 6.45) is 4.06. The number of nitrogens with one attached hydrogen (secondary N) is 1. The van der Waals surface area contributed by atoms with Crippen molar-refractivity contribution in [2.24, 2.45) is 0 Å². The van der Waals surface area contributed by atoms with E-state index in [9.17, 15) is 5.11 Å². The van der Waals surface area contributed by atoms with Crippen LogP contribution in [-0.2, 0) is 5.41 Å². The largest absolute Gasteiger partial charge is 0.392 e. The second kappa shape index (κ2) is 4.99. The molecule has 0 bridgehead atoms. The Bertz CT molecular complexity index is 1070. The van der Waals surface area contributed by atoms with E-state index in [-0.39, 0.29) is 18.1 Å². The van der Waals surface area contributed by atoms with E-state index in [1.807, 2.05) is 6.08 Å². The normalized spacial score (nSPS) is 24.3. The number of rotatable bonds is 3. The minimum atomic E-state index is -0.168. The average molecular weight is 341 g/mol. The van der Waals surface area contributed by atoms with Gasteiger partial charge in [-0.3, -0.25) is 0 Å². The molecular formula is C24H23NO. The number of hydrogen-bond donors (Lipinski definition) is 2. The standard InChI is InChI=1S/C24H23NO/c1-5-13(2)21-23-20-16(17-11-15(12-26)22(17)25-23)10-9-14-7-6-8-18(19(14)20)24(21,3)4/h5-11,17,22,25-26H,1-2,12H2,3-4H3. The van der Waals surface area contributed by atoms with E-state index < -0.39 is 0 Å². The van der Waals surface area contributed by atoms with Crippen molar-refractivity contribution in [2.45, 2.75) is 31.2 Å². The van der Waals surface area contributed by atoms with Crippen molar-refractivity contribution in [1.29, 1.82) is 0 Å². The van der Waals surface area contributed by atoms with Gasteiger partial charge in [0.2, 0.25) is 0 Å². The molecule has 0 fully saturated rings. The van der Waals surface area contributed by atoms with Gasteiger partial charge in [-0.05, 0) is 38.6 Å². The van der Waals surface area contributed by atoms with Crippen LogP contribution in [0, 0.1) is 0 Å². The second-order valence-corrected chi connectivity index (χ2v) is 8.09. The molecule has 0 amide bonds. The van der Waals surface area contributed by atoms with Crippen LogP contribution in [-0.4, -0.2) is 17.8 Å². The molecule has 0 spiro atoms. The molecule has 1 aliphatic heterocycles. The minimum absolute atomic E-state index is 0.108. The zero-order chi connectivity index (χ0) is 18.2. The van der Waals surface area contributed by atoms with Gasteiger partial charge in [0.15, 0.2) is 0 Å². The summed E-state index contributed by atoms with van der Waals surface area (Å²) in [5.74, 6) is 0.327. The molecule has 2 atom stereocenters. The fourth-order valence-electron chi connectivity index (χ4n) is 5.14. The third-order valence-corrected chi connectivity index (χ3v) is 6.44. The fourth-order valence-corrected chi connectivity index (χ4v) is 5.14. The Morgan fingerprint density at radius 2 is 2.08 bits per heavy atom. The Kier molecular flexibility index (Phi) is 3.00. The summed E-state index contributed by atoms with van der Waals surface area (Å²) in [6.45, 7) is 12.9. The molecule has 0 saturated heterocycles. The molecule has 2 aliphatic carbocycles. The fraction of sp³-hybridized carbons (Fsp3) is 0.250. The lowest BCUT2D eigenvalue weighted by Crippen LogP contribution is -2.48. The molecule has 0 aromatic heterocycles. The maximum absolute atomic E-state index is 9.68. The maximum atomic E-state index is 9.68. The van der Waals surface area contributed by atoms with Crippen molar-refractivity contribution >= 4 is 16.5 Å². The van der Waals surface area contributed by atoms with E-state index in [2.05, 4.69) is 68.7 Å². The first-order chi connectivity index (χ1) is 12.5. The van der Waals surface area contributed by atoms with Crippen molar-refractivity contribution in [3.05, 3.63) is 89.1 Å². The van der Waals surface area contributed by atoms with Crippen molar-refractivity contribution < 1.29 is 5.11 Å². The summed E-state index contributed by atoms with van der Waals surface area (Å²) in [5, 5.41) is 16.1. The van der Waals surface area contributed by atoms with Crippen LogP contribution in [0.2, 0.25) is 0 Å². The highest BCUT2D eigenvalue weighted by Crippen LogP contribution is 2.54. The summed E-state index contributed by atoms with van der Waals surface area (Å²) in [5.41, 5.74) is 8.26. The Balaban J connectivity index is 1.94. The van der Waals surface area contributed by atoms with Gasteiger partial charge in [0.1, 0.15) is 0 Å². The smallest absolute Gasteiger partial charge is 0.0662 e. The molecule has 2 heteroatoms. The molecule has 2 unspecified atom stereocenters. The number of benzene rings is 2. The molecule has 3 aliphatic rings. The van der Waals surface area contributed by atoms with E-state index >= 15 is 0 Å². The van der Waals surface area contributed by atoms with Crippen molar-refractivity contribution in [3.63, 3.8) is 0 Å². The van der Waals surface area contributed by atoms with Crippen LogP contribution >= 0.6 is 0 Å². The average Bonchev–Trinajstić information content (AvgIpc) is 2.62. The summed E-state index contributed by atoms with van der Waals surface area (Å²) < 4.78 is 0. The van der Waals surface area contributed by atoms with Gasteiger partial charge in [-0.15, -0.1) is 0 Å². The minimum Gasteiger partial charge on any atom is -0.392 e. The quantitative estimate of drug-likeness (QED) is 0.633. The van der Waals surface area contributed by atoms with E-state index in [4.69, 9.17) is 0 Å². The molecule has 0 radical (unpaired) electrons. The van der Waals surface area contributed by atoms with Crippen LogP contribution < -0.4 is 5.32 Å². The number of hydrogen-bond acceptors (Lipinski definition) is 2. The van der Waals surface area contributed by atoms with Gasteiger partial charge < -0.3 is 10.4 Å². The first kappa shape index (κ1) is 15.7. The van der Waals surface area contributed by atoms with Gasteiger partial charge in [0.25, 0.3) is 0 Å². The lowest BCUT2D eigenvalue weighted by Gasteiger charge is -2.48. The lowest BCUT2D eigenvalue weighted by atomic mass is 9.63. The van der Waals surface area contributed by atoms with Crippen molar-refractivity contribution in [1.82, 2.24) is 5.32 Å². The van der Waals surface area contributed by atoms with E-state index in [0.29, 0.717) is 5.92 Å². The molecule has 26 heavy (non-hydrogen) atoms. The number of aliphatic hydroxyl groups excluding tert-OH is 1. The summed E-state index contributed by atoms with van der Waals surface area (Å²) in [7, 11) is 0. The first-order valence-electron chi connectivity index (χ1n) is 9.20. The third-order valence-electron chi connectivity index (χ3n) is 6.44. The molecule has 2 nitrogen and oxygen atoms in total. The predicted molar refractivity (Wildman–Crippen MR) is 108 cm³/mol. The van der Waals surface area contributed by atoms with E-state index in [1.54, 1.807) is 0 Å². The molecule has 2 N–H and O–H groups in total. The van der Waals surface area contributed by atoms with Gasteiger partial charge in [-0.2, -0.15) is 0 Å². The second-order valence-electron chi connectivity index (χ2n) is 8.09. The Hall–Kier alpha value is -2.58. The zero-order valence-electron chi connectivity index (χ0n) is 15.3. The van der Waals surface area contributed by atoms with E-state index in [0.717, 1.165) is 11.1 Å². The molecule has 0 saturated carbocycles. The highest BCUT2D eigenvalue weighted by Gasteiger charge is 2.45. The van der Waals surface area contributed by atoms with Gasteiger partial charge in [0, 0.05) is 22.6 Å². The van der Waals surface area contributed by atoms with Gasteiger partial charge in [0.05, 0.1) is 12.6 Å². The first-order valence-corrected chi connectivity index (χ1v) is 9.20. The van der Waals surface area contributed by atoms with Crippen LogP contribution in [0.1, 0.15) is 36.5 Å². The molecule has 2 aromatic rings.